The molecule has 1 heterocycles. The smallest absolute Gasteiger partial charge is 0.356 e. The molecule has 1 saturated carbocycles. The third kappa shape index (κ3) is 2.44. The fourth-order valence-electron chi connectivity index (χ4n) is 2.05. The maximum absolute atomic E-state index is 11.3. The van der Waals surface area contributed by atoms with Crippen LogP contribution in [0.1, 0.15) is 55.8 Å². The average Bonchev–Trinajstić information content (AvgIpc) is 3.14. The van der Waals surface area contributed by atoms with Crippen LogP contribution >= 0.6 is 0 Å². The van der Waals surface area contributed by atoms with E-state index in [0.717, 1.165) is 19.4 Å². The van der Waals surface area contributed by atoms with Gasteiger partial charge in [-0.15, -0.1) is 0 Å². The maximum atomic E-state index is 11.3. The molecule has 0 aliphatic heterocycles. The SMILES string of the molecule is CCN(c1cnc(C(C)C)nc1C(=O)O)C1CC1. The zero-order chi connectivity index (χ0) is 13.3. The summed E-state index contributed by atoms with van der Waals surface area (Å²) in [4.78, 5) is 21.9. The van der Waals surface area contributed by atoms with Crippen LogP contribution in [0.2, 0.25) is 0 Å². The van der Waals surface area contributed by atoms with E-state index in [2.05, 4.69) is 14.9 Å². The van der Waals surface area contributed by atoms with E-state index in [-0.39, 0.29) is 11.6 Å². The molecule has 1 aliphatic rings. The van der Waals surface area contributed by atoms with Crippen LogP contribution in [-0.4, -0.2) is 33.6 Å². The highest BCUT2D eigenvalue weighted by atomic mass is 16.4. The molecule has 1 N–H and O–H groups in total. The van der Waals surface area contributed by atoms with Gasteiger partial charge in [-0.1, -0.05) is 13.8 Å². The molecule has 18 heavy (non-hydrogen) atoms. The van der Waals surface area contributed by atoms with Crippen molar-refractivity contribution in [1.82, 2.24) is 9.97 Å². The van der Waals surface area contributed by atoms with Crippen LogP contribution in [0.25, 0.3) is 0 Å². The lowest BCUT2D eigenvalue weighted by Gasteiger charge is -2.23. The summed E-state index contributed by atoms with van der Waals surface area (Å²) in [6, 6.07) is 0.460. The normalized spacial score (nSPS) is 14.9. The second kappa shape index (κ2) is 4.92. The number of hydrogen-bond donors (Lipinski definition) is 1. The Labute approximate surface area is 107 Å². The molecule has 0 saturated heterocycles. The number of carboxylic acids is 1. The lowest BCUT2D eigenvalue weighted by molar-refractivity contribution is 0.0690. The van der Waals surface area contributed by atoms with E-state index in [0.29, 0.717) is 17.6 Å². The molecule has 5 nitrogen and oxygen atoms in total. The molecular weight excluding hydrogens is 230 g/mol. The van der Waals surface area contributed by atoms with E-state index in [4.69, 9.17) is 0 Å². The molecular formula is C13H19N3O2. The molecule has 0 unspecified atom stereocenters. The second-order valence-electron chi connectivity index (χ2n) is 4.94. The predicted octanol–water partition coefficient (Wildman–Crippen LogP) is 2.29. The summed E-state index contributed by atoms with van der Waals surface area (Å²) < 4.78 is 0. The van der Waals surface area contributed by atoms with Crippen LogP contribution in [0.4, 0.5) is 5.69 Å². The maximum Gasteiger partial charge on any atom is 0.356 e. The molecule has 1 aromatic rings. The molecule has 1 aliphatic carbocycles. The quantitative estimate of drug-likeness (QED) is 0.867. The Balaban J connectivity index is 2.42. The van der Waals surface area contributed by atoms with Crippen molar-refractivity contribution >= 4 is 11.7 Å². The molecule has 98 valence electrons. The summed E-state index contributed by atoms with van der Waals surface area (Å²) in [7, 11) is 0. The third-order valence-electron chi connectivity index (χ3n) is 3.14. The van der Waals surface area contributed by atoms with Crippen molar-refractivity contribution in [3.63, 3.8) is 0 Å². The van der Waals surface area contributed by atoms with Gasteiger partial charge in [-0.3, -0.25) is 0 Å². The minimum Gasteiger partial charge on any atom is -0.476 e. The first-order chi connectivity index (χ1) is 8.54. The number of carbonyl (C=O) groups is 1. The Kier molecular flexibility index (Phi) is 3.50. The monoisotopic (exact) mass is 249 g/mol. The van der Waals surface area contributed by atoms with Crippen LogP contribution in [0, 0.1) is 0 Å². The predicted molar refractivity (Wildman–Crippen MR) is 69.1 cm³/mol. The van der Waals surface area contributed by atoms with Crippen molar-refractivity contribution in [2.24, 2.45) is 0 Å². The Bertz CT molecular complexity index is 456. The van der Waals surface area contributed by atoms with E-state index in [1.54, 1.807) is 6.20 Å². The molecule has 5 heteroatoms. The fourth-order valence-corrected chi connectivity index (χ4v) is 2.05. The molecule has 1 aromatic heterocycles. The number of anilines is 1. The topological polar surface area (TPSA) is 66.3 Å². The van der Waals surface area contributed by atoms with Gasteiger partial charge < -0.3 is 10.0 Å². The highest BCUT2D eigenvalue weighted by Gasteiger charge is 2.31. The summed E-state index contributed by atoms with van der Waals surface area (Å²) in [5.74, 6) is -0.260. The summed E-state index contributed by atoms with van der Waals surface area (Å²) >= 11 is 0. The van der Waals surface area contributed by atoms with E-state index in [9.17, 15) is 9.90 Å². The van der Waals surface area contributed by atoms with Gasteiger partial charge in [-0.05, 0) is 19.8 Å². The lowest BCUT2D eigenvalue weighted by atomic mass is 10.2. The molecule has 0 aromatic carbocycles. The van der Waals surface area contributed by atoms with E-state index in [1.807, 2.05) is 20.8 Å². The summed E-state index contributed by atoms with van der Waals surface area (Å²) in [6.07, 6.45) is 3.91. The van der Waals surface area contributed by atoms with Crippen molar-refractivity contribution < 1.29 is 9.90 Å². The van der Waals surface area contributed by atoms with Crippen molar-refractivity contribution in [2.75, 3.05) is 11.4 Å². The van der Waals surface area contributed by atoms with Gasteiger partial charge in [-0.25, -0.2) is 14.8 Å². The number of hydrogen-bond acceptors (Lipinski definition) is 4. The van der Waals surface area contributed by atoms with Crippen LogP contribution in [0.3, 0.4) is 0 Å². The highest BCUT2D eigenvalue weighted by Crippen LogP contribution is 2.32. The Hall–Kier alpha value is -1.65. The lowest BCUT2D eigenvalue weighted by Crippen LogP contribution is -2.28. The molecule has 0 radical (unpaired) electrons. The third-order valence-corrected chi connectivity index (χ3v) is 3.14. The first kappa shape index (κ1) is 12.8. The van der Waals surface area contributed by atoms with Crippen molar-refractivity contribution in [2.45, 2.75) is 45.6 Å². The van der Waals surface area contributed by atoms with Crippen LogP contribution in [-0.2, 0) is 0 Å². The van der Waals surface area contributed by atoms with Crippen molar-refractivity contribution in [3.05, 3.63) is 17.7 Å². The number of rotatable bonds is 5. The molecule has 0 amide bonds. The zero-order valence-corrected chi connectivity index (χ0v) is 11.1. The minimum atomic E-state index is -0.978. The highest BCUT2D eigenvalue weighted by molar-refractivity contribution is 5.92. The first-order valence-electron chi connectivity index (χ1n) is 6.41. The number of aromatic nitrogens is 2. The van der Waals surface area contributed by atoms with Gasteiger partial charge in [0.1, 0.15) is 5.82 Å². The van der Waals surface area contributed by atoms with Crippen LogP contribution < -0.4 is 4.90 Å². The van der Waals surface area contributed by atoms with E-state index < -0.39 is 5.97 Å². The van der Waals surface area contributed by atoms with Gasteiger partial charge >= 0.3 is 5.97 Å². The molecule has 0 spiro atoms. The number of carboxylic acid groups (broad SMARTS) is 1. The van der Waals surface area contributed by atoms with E-state index >= 15 is 0 Å². The van der Waals surface area contributed by atoms with Gasteiger partial charge in [-0.2, -0.15) is 0 Å². The Morgan fingerprint density at radius 3 is 2.67 bits per heavy atom. The minimum absolute atomic E-state index is 0.127. The summed E-state index contributed by atoms with van der Waals surface area (Å²) in [5.41, 5.74) is 0.777. The number of nitrogens with zero attached hydrogens (tertiary/aromatic N) is 3. The van der Waals surface area contributed by atoms with E-state index in [1.165, 1.54) is 0 Å². The van der Waals surface area contributed by atoms with Crippen LogP contribution in [0.15, 0.2) is 6.20 Å². The first-order valence-corrected chi connectivity index (χ1v) is 6.41. The van der Waals surface area contributed by atoms with Gasteiger partial charge in [0.2, 0.25) is 0 Å². The molecule has 0 bridgehead atoms. The zero-order valence-electron chi connectivity index (χ0n) is 11.1. The largest absolute Gasteiger partial charge is 0.476 e. The van der Waals surface area contributed by atoms with Crippen molar-refractivity contribution in [1.29, 1.82) is 0 Å². The standard InChI is InChI=1S/C13H19N3O2/c1-4-16(9-5-6-9)10-7-14-12(8(2)3)15-11(10)13(17)18/h7-9H,4-6H2,1-3H3,(H,17,18). The van der Waals surface area contributed by atoms with Gasteiger partial charge in [0, 0.05) is 18.5 Å². The summed E-state index contributed by atoms with van der Waals surface area (Å²) in [6.45, 7) is 6.73. The second-order valence-corrected chi connectivity index (χ2v) is 4.94. The number of aromatic carboxylic acids is 1. The van der Waals surface area contributed by atoms with Gasteiger partial charge in [0.25, 0.3) is 0 Å². The molecule has 2 rings (SSSR count). The van der Waals surface area contributed by atoms with Gasteiger partial charge in [0.05, 0.1) is 11.9 Å². The van der Waals surface area contributed by atoms with Gasteiger partial charge in [0.15, 0.2) is 5.69 Å². The van der Waals surface area contributed by atoms with Crippen LogP contribution in [0.5, 0.6) is 0 Å². The Morgan fingerprint density at radius 1 is 1.56 bits per heavy atom. The Morgan fingerprint density at radius 2 is 2.22 bits per heavy atom. The average molecular weight is 249 g/mol. The molecule has 0 atom stereocenters. The fraction of sp³-hybridized carbons (Fsp3) is 0.615. The van der Waals surface area contributed by atoms with Crippen molar-refractivity contribution in [3.8, 4) is 0 Å². The summed E-state index contributed by atoms with van der Waals surface area (Å²) in [5, 5.41) is 9.30. The molecule has 1 fully saturated rings.